The van der Waals surface area contributed by atoms with Crippen LogP contribution in [0.3, 0.4) is 0 Å². The molecule has 1 aromatic heterocycles. The first-order valence-corrected chi connectivity index (χ1v) is 9.01. The van der Waals surface area contributed by atoms with Crippen LogP contribution in [0, 0.1) is 5.82 Å². The van der Waals surface area contributed by atoms with E-state index in [9.17, 15) is 12.8 Å². The van der Waals surface area contributed by atoms with Gasteiger partial charge in [-0.15, -0.1) is 0 Å². The number of H-pyrrole nitrogens is 1. The number of aromatic nitrogens is 1. The first-order valence-electron chi connectivity index (χ1n) is 7.36. The van der Waals surface area contributed by atoms with Gasteiger partial charge >= 0.3 is 0 Å². The quantitative estimate of drug-likeness (QED) is 0.738. The molecule has 120 valence electrons. The molecule has 0 unspecified atom stereocenters. The van der Waals surface area contributed by atoms with Crippen molar-refractivity contribution in [2.24, 2.45) is 0 Å². The van der Waals surface area contributed by atoms with E-state index < -0.39 is 10.0 Å². The van der Waals surface area contributed by atoms with Gasteiger partial charge in [-0.1, -0.05) is 19.1 Å². The lowest BCUT2D eigenvalue weighted by molar-refractivity contribution is 0.600. The second-order valence-electron chi connectivity index (χ2n) is 5.41. The van der Waals surface area contributed by atoms with Gasteiger partial charge in [0, 0.05) is 22.3 Å². The lowest BCUT2D eigenvalue weighted by Crippen LogP contribution is -2.15. The van der Waals surface area contributed by atoms with Gasteiger partial charge in [-0.25, -0.2) is 12.8 Å². The van der Waals surface area contributed by atoms with Crippen molar-refractivity contribution in [2.75, 3.05) is 10.5 Å². The fraction of sp³-hybridized carbons (Fsp3) is 0.176. The molecule has 23 heavy (non-hydrogen) atoms. The first kappa shape index (κ1) is 15.6. The summed E-state index contributed by atoms with van der Waals surface area (Å²) in [5.74, 6) is -0.175. The van der Waals surface area contributed by atoms with E-state index in [1.165, 1.54) is 12.1 Å². The molecule has 4 nitrogen and oxygen atoms in total. The second kappa shape index (κ2) is 6.04. The van der Waals surface area contributed by atoms with Crippen molar-refractivity contribution < 1.29 is 12.8 Å². The number of hydrogen-bond acceptors (Lipinski definition) is 2. The summed E-state index contributed by atoms with van der Waals surface area (Å²) in [6.45, 7) is 1.82. The summed E-state index contributed by atoms with van der Waals surface area (Å²) in [6, 6.07) is 13.5. The molecule has 0 fully saturated rings. The number of halogens is 1. The number of sulfonamides is 1. The van der Waals surface area contributed by atoms with Crippen molar-refractivity contribution in [2.45, 2.75) is 13.3 Å². The number of rotatable bonds is 5. The molecule has 0 amide bonds. The largest absolute Gasteiger partial charge is 0.355 e. The van der Waals surface area contributed by atoms with Gasteiger partial charge in [0.25, 0.3) is 0 Å². The fourth-order valence-corrected chi connectivity index (χ4v) is 3.61. The predicted molar refractivity (Wildman–Crippen MR) is 91.4 cm³/mol. The molecule has 0 saturated heterocycles. The summed E-state index contributed by atoms with van der Waals surface area (Å²) in [7, 11) is -3.29. The molecule has 6 heteroatoms. The van der Waals surface area contributed by atoms with E-state index in [1.807, 2.05) is 25.1 Å². The predicted octanol–water partition coefficient (Wildman–Crippen LogP) is 4.13. The Morgan fingerprint density at radius 2 is 1.83 bits per heavy atom. The van der Waals surface area contributed by atoms with Crippen molar-refractivity contribution >= 4 is 26.6 Å². The maximum absolute atomic E-state index is 13.2. The highest BCUT2D eigenvalue weighted by Crippen LogP contribution is 2.26. The number of fused-ring (bicyclic) bond motifs is 1. The average Bonchev–Trinajstić information content (AvgIpc) is 2.90. The zero-order chi connectivity index (χ0) is 16.4. The van der Waals surface area contributed by atoms with E-state index in [0.29, 0.717) is 12.1 Å². The van der Waals surface area contributed by atoms with Crippen molar-refractivity contribution in [1.29, 1.82) is 0 Å². The molecule has 0 aliphatic heterocycles. The van der Waals surface area contributed by atoms with Crippen LogP contribution in [0.4, 0.5) is 10.1 Å². The molecule has 0 saturated carbocycles. The van der Waals surface area contributed by atoms with Gasteiger partial charge in [-0.3, -0.25) is 4.72 Å². The van der Waals surface area contributed by atoms with E-state index in [1.54, 1.807) is 18.2 Å². The Hall–Kier alpha value is -2.34. The van der Waals surface area contributed by atoms with Crippen LogP contribution in [-0.4, -0.2) is 19.2 Å². The van der Waals surface area contributed by atoms with E-state index in [0.717, 1.165) is 22.2 Å². The molecule has 2 aromatic carbocycles. The molecule has 0 atom stereocenters. The monoisotopic (exact) mass is 332 g/mol. The Labute approximate surface area is 134 Å². The molecule has 2 N–H and O–H groups in total. The van der Waals surface area contributed by atoms with Crippen molar-refractivity contribution in [3.05, 3.63) is 54.3 Å². The summed E-state index contributed by atoms with van der Waals surface area (Å²) in [4.78, 5) is 3.22. The summed E-state index contributed by atoms with van der Waals surface area (Å²) in [5.41, 5.74) is 3.15. The van der Waals surface area contributed by atoms with Gasteiger partial charge in [-0.05, 0) is 48.4 Å². The van der Waals surface area contributed by atoms with Gasteiger partial charge in [0.1, 0.15) is 5.82 Å². The molecule has 0 spiro atoms. The Balaban J connectivity index is 1.86. The van der Waals surface area contributed by atoms with Gasteiger partial charge in [-0.2, -0.15) is 0 Å². The molecule has 3 rings (SSSR count). The minimum absolute atomic E-state index is 0.0995. The summed E-state index contributed by atoms with van der Waals surface area (Å²) in [5, 5.41) is 0.799. The number of aromatic amines is 1. The van der Waals surface area contributed by atoms with Crippen molar-refractivity contribution in [1.82, 2.24) is 4.98 Å². The lowest BCUT2D eigenvalue weighted by Gasteiger charge is -2.07. The third kappa shape index (κ3) is 3.53. The minimum Gasteiger partial charge on any atom is -0.355 e. The van der Waals surface area contributed by atoms with Gasteiger partial charge in [0.2, 0.25) is 10.0 Å². The Morgan fingerprint density at radius 1 is 1.09 bits per heavy atom. The zero-order valence-electron chi connectivity index (χ0n) is 12.6. The standard InChI is InChI=1S/C17H17FN2O2S/c1-2-9-23(21,22)20-15-6-3-12(4-7-15)17-11-13-10-14(18)5-8-16(13)19-17/h3-8,10-11,19-20H,2,9H2,1H3. The Morgan fingerprint density at radius 3 is 2.52 bits per heavy atom. The highest BCUT2D eigenvalue weighted by atomic mass is 32.2. The van der Waals surface area contributed by atoms with Crippen LogP contribution in [0.15, 0.2) is 48.5 Å². The summed E-state index contributed by atoms with van der Waals surface area (Å²) >= 11 is 0. The average molecular weight is 332 g/mol. The number of benzene rings is 2. The molecule has 0 bridgehead atoms. The van der Waals surface area contributed by atoms with E-state index >= 15 is 0 Å². The summed E-state index contributed by atoms with van der Waals surface area (Å²) in [6.07, 6.45) is 0.568. The van der Waals surface area contributed by atoms with Gasteiger partial charge in [0.05, 0.1) is 5.75 Å². The topological polar surface area (TPSA) is 62.0 Å². The van der Waals surface area contributed by atoms with Gasteiger partial charge in [0.15, 0.2) is 0 Å². The van der Waals surface area contributed by atoms with Crippen LogP contribution in [0.1, 0.15) is 13.3 Å². The maximum atomic E-state index is 13.2. The highest BCUT2D eigenvalue weighted by molar-refractivity contribution is 7.92. The second-order valence-corrected chi connectivity index (χ2v) is 7.25. The maximum Gasteiger partial charge on any atom is 0.232 e. The van der Waals surface area contributed by atoms with Crippen LogP contribution in [0.5, 0.6) is 0 Å². The molecule has 0 radical (unpaired) electrons. The third-order valence-electron chi connectivity index (χ3n) is 3.52. The van der Waals surface area contributed by atoms with Crippen LogP contribution in [0.2, 0.25) is 0 Å². The zero-order valence-corrected chi connectivity index (χ0v) is 13.5. The molecular weight excluding hydrogens is 315 g/mol. The molecule has 0 aliphatic carbocycles. The van der Waals surface area contributed by atoms with Crippen LogP contribution in [-0.2, 0) is 10.0 Å². The van der Waals surface area contributed by atoms with E-state index in [2.05, 4.69) is 9.71 Å². The highest BCUT2D eigenvalue weighted by Gasteiger charge is 2.09. The Kier molecular flexibility index (Phi) is 4.09. The van der Waals surface area contributed by atoms with Gasteiger partial charge < -0.3 is 4.98 Å². The minimum atomic E-state index is -3.29. The normalized spacial score (nSPS) is 11.7. The van der Waals surface area contributed by atoms with E-state index in [-0.39, 0.29) is 11.6 Å². The smallest absolute Gasteiger partial charge is 0.232 e. The number of hydrogen-bond donors (Lipinski definition) is 2. The van der Waals surface area contributed by atoms with Crippen LogP contribution < -0.4 is 4.72 Å². The first-order chi connectivity index (χ1) is 11.0. The van der Waals surface area contributed by atoms with E-state index in [4.69, 9.17) is 0 Å². The molecular formula is C17H17FN2O2S. The molecule has 0 aliphatic rings. The number of anilines is 1. The van der Waals surface area contributed by atoms with Crippen molar-refractivity contribution in [3.63, 3.8) is 0 Å². The molecule has 3 aromatic rings. The van der Waals surface area contributed by atoms with Crippen molar-refractivity contribution in [3.8, 4) is 11.3 Å². The van der Waals surface area contributed by atoms with Crippen LogP contribution in [0.25, 0.3) is 22.2 Å². The molecule has 1 heterocycles. The third-order valence-corrected chi connectivity index (χ3v) is 5.02. The lowest BCUT2D eigenvalue weighted by atomic mass is 10.1. The summed E-state index contributed by atoms with van der Waals surface area (Å²) < 4.78 is 39.3. The number of nitrogens with one attached hydrogen (secondary N) is 2. The van der Waals surface area contributed by atoms with Crippen LogP contribution >= 0.6 is 0 Å². The fourth-order valence-electron chi connectivity index (χ4n) is 2.48. The SMILES string of the molecule is CCCS(=O)(=O)Nc1ccc(-c2cc3cc(F)ccc3[nH]2)cc1. The Bertz CT molecular complexity index is 931.